The molecule has 0 spiro atoms. The van der Waals surface area contributed by atoms with Crippen molar-refractivity contribution in [1.29, 1.82) is 0 Å². The van der Waals surface area contributed by atoms with Gasteiger partial charge in [-0.2, -0.15) is 0 Å². The molecule has 0 aromatic heterocycles. The van der Waals surface area contributed by atoms with Crippen LogP contribution < -0.4 is 11.1 Å². The van der Waals surface area contributed by atoms with Crippen LogP contribution in [-0.2, 0) is 4.79 Å². The van der Waals surface area contributed by atoms with Crippen molar-refractivity contribution in [2.24, 2.45) is 5.73 Å². The Morgan fingerprint density at radius 1 is 1.16 bits per heavy atom. The highest BCUT2D eigenvalue weighted by Crippen LogP contribution is 2.05. The summed E-state index contributed by atoms with van der Waals surface area (Å²) >= 11 is 0. The van der Waals surface area contributed by atoms with Gasteiger partial charge in [-0.25, -0.2) is 0 Å². The first kappa shape index (κ1) is 18.4. The molecule has 0 bridgehead atoms. The normalized spacial score (nSPS) is 13.0. The average molecular weight is 272 g/mol. The lowest BCUT2D eigenvalue weighted by Gasteiger charge is -2.31. The van der Waals surface area contributed by atoms with Crippen molar-refractivity contribution < 1.29 is 4.79 Å². The number of likely N-dealkylation sites (N-methyl/N-ethyl adjacent to an activating group) is 1. The van der Waals surface area contributed by atoms with Gasteiger partial charge >= 0.3 is 0 Å². The third-order valence-electron chi connectivity index (χ3n) is 3.13. The summed E-state index contributed by atoms with van der Waals surface area (Å²) in [6.07, 6.45) is 2.56. The zero-order valence-corrected chi connectivity index (χ0v) is 13.1. The molecule has 0 radical (unpaired) electrons. The fraction of sp³-hybridized carbons (Fsp3) is 0.929. The maximum atomic E-state index is 11.8. The second kappa shape index (κ2) is 11.2. The first-order valence-electron chi connectivity index (χ1n) is 7.40. The number of nitrogens with two attached hydrogens (primary N) is 1. The van der Waals surface area contributed by atoms with Crippen LogP contribution in [0.15, 0.2) is 0 Å². The monoisotopic (exact) mass is 272 g/mol. The van der Waals surface area contributed by atoms with Crippen molar-refractivity contribution in [2.45, 2.75) is 39.2 Å². The lowest BCUT2D eigenvalue weighted by atomic mass is 10.1. The molecule has 1 amide bonds. The highest BCUT2D eigenvalue weighted by Gasteiger charge is 2.19. The molecule has 5 nitrogen and oxygen atoms in total. The number of carbonyl (C=O) groups excluding carboxylic acids is 1. The first-order chi connectivity index (χ1) is 9.04. The molecule has 5 heteroatoms. The van der Waals surface area contributed by atoms with E-state index in [-0.39, 0.29) is 11.9 Å². The lowest BCUT2D eigenvalue weighted by Crippen LogP contribution is -2.46. The van der Waals surface area contributed by atoms with Gasteiger partial charge in [0.1, 0.15) is 0 Å². The van der Waals surface area contributed by atoms with E-state index in [4.69, 9.17) is 5.73 Å². The van der Waals surface area contributed by atoms with Crippen molar-refractivity contribution in [1.82, 2.24) is 15.1 Å². The van der Waals surface area contributed by atoms with Crippen LogP contribution in [0.1, 0.15) is 33.1 Å². The molecule has 3 N–H and O–H groups in total. The number of rotatable bonds is 11. The molecular weight excluding hydrogens is 240 g/mol. The van der Waals surface area contributed by atoms with Gasteiger partial charge in [0.25, 0.3) is 0 Å². The van der Waals surface area contributed by atoms with Gasteiger partial charge in [0.05, 0.1) is 0 Å². The fourth-order valence-electron chi connectivity index (χ4n) is 2.00. The number of amides is 1. The number of hydrogen-bond acceptors (Lipinski definition) is 4. The Morgan fingerprint density at radius 2 is 1.84 bits per heavy atom. The SMILES string of the molecule is CCCNC(=O)CC(CN)N(CCC)CCN(C)C. The third kappa shape index (κ3) is 8.97. The predicted octanol–water partition coefficient (Wildman–Crippen LogP) is 0.504. The molecule has 1 atom stereocenters. The zero-order chi connectivity index (χ0) is 14.7. The second-order valence-corrected chi connectivity index (χ2v) is 5.28. The minimum Gasteiger partial charge on any atom is -0.356 e. The van der Waals surface area contributed by atoms with Crippen molar-refractivity contribution >= 4 is 5.91 Å². The third-order valence-corrected chi connectivity index (χ3v) is 3.13. The summed E-state index contributed by atoms with van der Waals surface area (Å²) in [5.41, 5.74) is 5.85. The Balaban J connectivity index is 4.33. The number of hydrogen-bond donors (Lipinski definition) is 2. The van der Waals surface area contributed by atoms with E-state index in [9.17, 15) is 4.79 Å². The molecule has 0 fully saturated rings. The molecule has 0 saturated carbocycles. The van der Waals surface area contributed by atoms with Gasteiger partial charge < -0.3 is 16.0 Å². The van der Waals surface area contributed by atoms with E-state index in [1.807, 2.05) is 0 Å². The molecule has 0 aliphatic carbocycles. The number of nitrogens with one attached hydrogen (secondary N) is 1. The van der Waals surface area contributed by atoms with Gasteiger partial charge in [-0.3, -0.25) is 9.69 Å². The van der Waals surface area contributed by atoms with E-state index >= 15 is 0 Å². The summed E-state index contributed by atoms with van der Waals surface area (Å²) in [4.78, 5) is 16.3. The van der Waals surface area contributed by atoms with E-state index in [1.54, 1.807) is 0 Å². The van der Waals surface area contributed by atoms with Crippen LogP contribution in [0, 0.1) is 0 Å². The Kier molecular flexibility index (Phi) is 10.8. The van der Waals surface area contributed by atoms with Crippen LogP contribution in [0.4, 0.5) is 0 Å². The molecule has 19 heavy (non-hydrogen) atoms. The Morgan fingerprint density at radius 3 is 2.32 bits per heavy atom. The number of nitrogens with zero attached hydrogens (tertiary/aromatic N) is 2. The smallest absolute Gasteiger partial charge is 0.221 e. The van der Waals surface area contributed by atoms with Gasteiger partial charge in [0.2, 0.25) is 5.91 Å². The average Bonchev–Trinajstić information content (AvgIpc) is 2.38. The van der Waals surface area contributed by atoms with Crippen molar-refractivity contribution in [3.8, 4) is 0 Å². The minimum atomic E-state index is 0.114. The zero-order valence-electron chi connectivity index (χ0n) is 13.1. The van der Waals surface area contributed by atoms with Gasteiger partial charge in [-0.15, -0.1) is 0 Å². The molecule has 0 rings (SSSR count). The van der Waals surface area contributed by atoms with Gasteiger partial charge in [0, 0.05) is 38.6 Å². The Bertz CT molecular complexity index is 233. The molecular formula is C14H32N4O. The Labute approximate surface area is 118 Å². The molecule has 0 heterocycles. The standard InChI is InChI=1S/C14H32N4O/c1-5-7-16-14(19)11-13(12-15)18(8-6-2)10-9-17(3)4/h13H,5-12,15H2,1-4H3,(H,16,19). The van der Waals surface area contributed by atoms with Crippen LogP contribution in [-0.4, -0.2) is 68.6 Å². The highest BCUT2D eigenvalue weighted by atomic mass is 16.1. The van der Waals surface area contributed by atoms with Crippen LogP contribution in [0.3, 0.4) is 0 Å². The maximum Gasteiger partial charge on any atom is 0.221 e. The molecule has 0 saturated heterocycles. The first-order valence-corrected chi connectivity index (χ1v) is 7.40. The van der Waals surface area contributed by atoms with Crippen LogP contribution in [0.25, 0.3) is 0 Å². The van der Waals surface area contributed by atoms with E-state index in [2.05, 4.69) is 43.1 Å². The Hall–Kier alpha value is -0.650. The topological polar surface area (TPSA) is 61.6 Å². The van der Waals surface area contributed by atoms with E-state index in [0.717, 1.165) is 39.0 Å². The van der Waals surface area contributed by atoms with Crippen molar-refractivity contribution in [2.75, 3.05) is 46.8 Å². The maximum absolute atomic E-state index is 11.8. The molecule has 114 valence electrons. The van der Waals surface area contributed by atoms with E-state index in [0.29, 0.717) is 13.0 Å². The minimum absolute atomic E-state index is 0.114. The molecule has 1 unspecified atom stereocenters. The summed E-state index contributed by atoms with van der Waals surface area (Å²) in [6.45, 7) is 8.46. The predicted molar refractivity (Wildman–Crippen MR) is 81.2 cm³/mol. The van der Waals surface area contributed by atoms with Crippen molar-refractivity contribution in [3.63, 3.8) is 0 Å². The van der Waals surface area contributed by atoms with Crippen LogP contribution in [0.5, 0.6) is 0 Å². The van der Waals surface area contributed by atoms with E-state index in [1.165, 1.54) is 0 Å². The lowest BCUT2D eigenvalue weighted by molar-refractivity contribution is -0.122. The largest absolute Gasteiger partial charge is 0.356 e. The molecule has 0 aromatic rings. The van der Waals surface area contributed by atoms with Gasteiger partial charge in [-0.1, -0.05) is 13.8 Å². The highest BCUT2D eigenvalue weighted by molar-refractivity contribution is 5.76. The summed E-state index contributed by atoms with van der Waals surface area (Å²) in [5.74, 6) is 0.114. The summed E-state index contributed by atoms with van der Waals surface area (Å²) in [6, 6.07) is 0.150. The quantitative estimate of drug-likeness (QED) is 0.575. The van der Waals surface area contributed by atoms with Gasteiger partial charge in [-0.05, 0) is 33.5 Å². The molecule has 0 aromatic carbocycles. The molecule has 0 aliphatic heterocycles. The van der Waals surface area contributed by atoms with Crippen LogP contribution in [0.2, 0.25) is 0 Å². The second-order valence-electron chi connectivity index (χ2n) is 5.28. The molecule has 0 aliphatic rings. The van der Waals surface area contributed by atoms with Gasteiger partial charge in [0.15, 0.2) is 0 Å². The summed E-state index contributed by atoms with van der Waals surface area (Å²) in [7, 11) is 4.13. The summed E-state index contributed by atoms with van der Waals surface area (Å²) in [5, 5.41) is 2.93. The van der Waals surface area contributed by atoms with E-state index < -0.39 is 0 Å². The fourth-order valence-corrected chi connectivity index (χ4v) is 2.00. The number of carbonyl (C=O) groups is 1. The van der Waals surface area contributed by atoms with Crippen LogP contribution >= 0.6 is 0 Å². The summed E-state index contributed by atoms with van der Waals surface area (Å²) < 4.78 is 0. The van der Waals surface area contributed by atoms with Crippen molar-refractivity contribution in [3.05, 3.63) is 0 Å².